The molecule has 4 heterocycles. The minimum Gasteiger partial charge on any atom is -0.278 e. The van der Waals surface area contributed by atoms with Crippen molar-refractivity contribution in [2.75, 3.05) is 0 Å². The summed E-state index contributed by atoms with van der Waals surface area (Å²) in [5.74, 6) is 3.45. The van der Waals surface area contributed by atoms with Gasteiger partial charge in [-0.25, -0.2) is 37.3 Å². The normalized spacial score (nSPS) is 10.7. The Kier molecular flexibility index (Phi) is 16.8. The number of nitrogens with zero attached hydrogens (tertiary/aromatic N) is 8. The fraction of sp³-hybridized carbons (Fsp3) is 0.188. The van der Waals surface area contributed by atoms with Gasteiger partial charge in [0.15, 0.2) is 11.6 Å². The van der Waals surface area contributed by atoms with Crippen molar-refractivity contribution in [3.05, 3.63) is 120 Å². The van der Waals surface area contributed by atoms with Crippen LogP contribution in [0.4, 0.5) is 0 Å². The number of aromatic nitrogens is 8. The molecule has 0 bridgehead atoms. The Morgan fingerprint density at radius 1 is 0.490 bits per heavy atom. The predicted molar refractivity (Wildman–Crippen MR) is 157 cm³/mol. The molecule has 1 radical (unpaired) electrons. The maximum absolute atomic E-state index is 8.49. The van der Waals surface area contributed by atoms with Gasteiger partial charge in [0.2, 0.25) is 0 Å². The Bertz CT molecular complexity index is 1740. The van der Waals surface area contributed by atoms with Gasteiger partial charge >= 0.3 is 17.1 Å². The molecule has 0 aliphatic rings. The molecule has 2 aromatic carbocycles. The molecule has 273 valence electrons. The van der Waals surface area contributed by atoms with E-state index in [4.69, 9.17) is 37.3 Å². The van der Waals surface area contributed by atoms with E-state index >= 15 is 0 Å². The molecular weight excluding hydrogens is 759 g/mol. The van der Waals surface area contributed by atoms with E-state index < -0.39 is 20.5 Å². The molecule has 51 heavy (non-hydrogen) atoms. The Hall–Kier alpha value is -4.20. The SMILES string of the molecule is CCc1nnc(-c2ccccn2)n1-c1ccc(C)cc1.CCc1nnc(-c2ccccn2)n1-c1ccc(C)cc1.[Cu+2].[O-][Cl+3]([O-])([O-])[O-].[O-][Cl+3]([O-])([O-])[O-]. The zero-order chi connectivity index (χ0) is 36.9. The molecule has 0 unspecified atom stereocenters. The number of hydrogen-bond donors (Lipinski definition) is 0. The molecule has 0 amide bonds. The molecule has 0 saturated carbocycles. The van der Waals surface area contributed by atoms with Gasteiger partial charge in [-0.05, 0) is 62.4 Å². The van der Waals surface area contributed by atoms with Gasteiger partial charge in [0.05, 0.1) is 0 Å². The summed E-state index contributed by atoms with van der Waals surface area (Å²) in [6.07, 6.45) is 5.20. The first-order chi connectivity index (χ1) is 23.6. The second-order valence-corrected chi connectivity index (χ2v) is 11.6. The first-order valence-corrected chi connectivity index (χ1v) is 17.1. The monoisotopic (exact) mass is 789 g/mol. The van der Waals surface area contributed by atoms with Crippen molar-refractivity contribution < 1.29 is 74.8 Å². The third-order valence-corrected chi connectivity index (χ3v) is 6.46. The average Bonchev–Trinajstić information content (AvgIpc) is 3.70. The van der Waals surface area contributed by atoms with Crippen LogP contribution in [0.3, 0.4) is 0 Å². The molecule has 6 aromatic rings. The van der Waals surface area contributed by atoms with E-state index in [1.54, 1.807) is 12.4 Å². The number of halogens is 2. The average molecular weight is 791 g/mol. The second-order valence-electron chi connectivity index (χ2n) is 10.1. The molecule has 0 fully saturated rings. The third-order valence-electron chi connectivity index (χ3n) is 6.46. The number of rotatable bonds is 6. The van der Waals surface area contributed by atoms with Crippen molar-refractivity contribution in [1.82, 2.24) is 39.5 Å². The van der Waals surface area contributed by atoms with Gasteiger partial charge < -0.3 is 0 Å². The van der Waals surface area contributed by atoms with Crippen molar-refractivity contribution in [3.8, 4) is 34.4 Å². The number of hydrogen-bond acceptors (Lipinski definition) is 14. The standard InChI is InChI=1S/2C16H16N4.2ClHO4.Cu/c2*1-3-15-18-19-16(14-6-4-5-11-17-14)20(15)13-9-7-12(2)8-10-13;2*2-1(3,4)5;/h2*4-11H,3H2,1-2H3;2*(H,2,3,4,5);/q;;;;+2/p-2. The van der Waals surface area contributed by atoms with Crippen LogP contribution in [-0.4, -0.2) is 39.5 Å². The largest absolute Gasteiger partial charge is 2.00 e. The number of aryl methyl sites for hydroxylation is 4. The van der Waals surface area contributed by atoms with Gasteiger partial charge in [-0.2, -0.15) is 0 Å². The van der Waals surface area contributed by atoms with Crippen molar-refractivity contribution in [3.63, 3.8) is 0 Å². The second kappa shape index (κ2) is 20.0. The zero-order valence-corrected chi connectivity index (χ0v) is 30.0. The van der Waals surface area contributed by atoms with Gasteiger partial charge in [-0.1, -0.05) is 61.4 Å². The molecule has 0 atom stereocenters. The van der Waals surface area contributed by atoms with Crippen molar-refractivity contribution in [1.29, 1.82) is 0 Å². The molecule has 4 aromatic heterocycles. The van der Waals surface area contributed by atoms with Crippen LogP contribution in [0.15, 0.2) is 97.3 Å². The third kappa shape index (κ3) is 14.5. The topological polar surface area (TPSA) is 272 Å². The Labute approximate surface area is 308 Å². The van der Waals surface area contributed by atoms with E-state index in [1.807, 2.05) is 36.4 Å². The summed E-state index contributed by atoms with van der Waals surface area (Å²) in [4.78, 5) is 8.75. The summed E-state index contributed by atoms with van der Waals surface area (Å²) in [6.45, 7) is 8.32. The zero-order valence-electron chi connectivity index (χ0n) is 27.6. The van der Waals surface area contributed by atoms with Crippen LogP contribution in [0.5, 0.6) is 0 Å². The van der Waals surface area contributed by atoms with Crippen molar-refractivity contribution in [2.45, 2.75) is 40.5 Å². The van der Waals surface area contributed by atoms with Gasteiger partial charge in [0.25, 0.3) is 0 Å². The van der Waals surface area contributed by atoms with E-state index in [-0.39, 0.29) is 17.1 Å². The predicted octanol–water partition coefficient (Wildman–Crippen LogP) is -3.11. The summed E-state index contributed by atoms with van der Waals surface area (Å²) in [6, 6.07) is 28.4. The Morgan fingerprint density at radius 2 is 0.804 bits per heavy atom. The van der Waals surface area contributed by atoms with Gasteiger partial charge in [-0.3, -0.25) is 19.1 Å². The summed E-state index contributed by atoms with van der Waals surface area (Å²) in [5.41, 5.74) is 6.27. The van der Waals surface area contributed by atoms with E-state index in [9.17, 15) is 0 Å². The fourth-order valence-electron chi connectivity index (χ4n) is 4.34. The smallest absolute Gasteiger partial charge is 0.278 e. The van der Waals surface area contributed by atoms with Crippen LogP contribution in [0.25, 0.3) is 34.4 Å². The molecule has 0 aliphatic heterocycles. The van der Waals surface area contributed by atoms with Crippen LogP contribution >= 0.6 is 0 Å². The maximum Gasteiger partial charge on any atom is 2.00 e. The Morgan fingerprint density at radius 3 is 1.06 bits per heavy atom. The summed E-state index contributed by atoms with van der Waals surface area (Å²) in [7, 11) is -9.89. The molecule has 19 heteroatoms. The summed E-state index contributed by atoms with van der Waals surface area (Å²) < 4.78 is 72.1. The quantitative estimate of drug-likeness (QED) is 0.151. The summed E-state index contributed by atoms with van der Waals surface area (Å²) in [5, 5.41) is 17.2. The van der Waals surface area contributed by atoms with Crippen LogP contribution in [0.2, 0.25) is 0 Å². The first-order valence-electron chi connectivity index (χ1n) is 14.7. The van der Waals surface area contributed by atoms with E-state index in [0.717, 1.165) is 58.9 Å². The van der Waals surface area contributed by atoms with E-state index in [2.05, 4.69) is 116 Å². The van der Waals surface area contributed by atoms with Crippen molar-refractivity contribution >= 4 is 0 Å². The van der Waals surface area contributed by atoms with E-state index in [0.29, 0.717) is 0 Å². The molecule has 0 saturated heterocycles. The molecule has 0 N–H and O–H groups in total. The number of pyridine rings is 2. The van der Waals surface area contributed by atoms with Crippen LogP contribution in [-0.2, 0) is 29.9 Å². The first kappa shape index (κ1) is 43.0. The molecule has 6 rings (SSSR count). The van der Waals surface area contributed by atoms with Gasteiger partial charge in [0, 0.05) is 36.6 Å². The molecule has 16 nitrogen and oxygen atoms in total. The molecule has 0 spiro atoms. The molecule has 0 aliphatic carbocycles. The van der Waals surface area contributed by atoms with Gasteiger partial charge in [-0.15, -0.1) is 40.9 Å². The van der Waals surface area contributed by atoms with Crippen LogP contribution in [0, 0.1) is 34.3 Å². The summed E-state index contributed by atoms with van der Waals surface area (Å²) >= 11 is 0. The van der Waals surface area contributed by atoms with Crippen LogP contribution in [0.1, 0.15) is 36.6 Å². The van der Waals surface area contributed by atoms with Gasteiger partial charge in [0.1, 0.15) is 23.0 Å². The van der Waals surface area contributed by atoms with Crippen molar-refractivity contribution in [2.24, 2.45) is 0 Å². The molecular formula is C32H32Cl2CuN8O8. The number of benzene rings is 2. The maximum atomic E-state index is 8.49. The Balaban J connectivity index is 0.000000276. The minimum absolute atomic E-state index is 0. The van der Waals surface area contributed by atoms with Crippen LogP contribution < -0.4 is 37.3 Å². The van der Waals surface area contributed by atoms with E-state index in [1.165, 1.54) is 11.1 Å². The fourth-order valence-corrected chi connectivity index (χ4v) is 4.34. The minimum atomic E-state index is -4.94.